The van der Waals surface area contributed by atoms with Crippen LogP contribution in [0.3, 0.4) is 0 Å². The highest BCUT2D eigenvalue weighted by Gasteiger charge is 2.24. The molecule has 1 aromatic rings. The Morgan fingerprint density at radius 1 is 1.44 bits per heavy atom. The molecule has 100 valence electrons. The van der Waals surface area contributed by atoms with Crippen molar-refractivity contribution >= 4 is 5.91 Å². The molecule has 0 spiro atoms. The van der Waals surface area contributed by atoms with Crippen LogP contribution in [0.15, 0.2) is 16.7 Å². The molecule has 0 saturated heterocycles. The van der Waals surface area contributed by atoms with Gasteiger partial charge in [0.15, 0.2) is 0 Å². The van der Waals surface area contributed by atoms with Crippen molar-refractivity contribution in [3.8, 4) is 0 Å². The first-order valence-electron chi connectivity index (χ1n) is 6.77. The average Bonchev–Trinajstić information content (AvgIpc) is 2.76. The minimum atomic E-state index is -0.423. The highest BCUT2D eigenvalue weighted by molar-refractivity contribution is 5.95. The van der Waals surface area contributed by atoms with Crippen LogP contribution in [-0.4, -0.2) is 23.2 Å². The fourth-order valence-corrected chi connectivity index (χ4v) is 2.52. The molecular formula is C14H21NO3. The first-order chi connectivity index (χ1) is 8.72. The van der Waals surface area contributed by atoms with Crippen LogP contribution in [0, 0.1) is 0 Å². The summed E-state index contributed by atoms with van der Waals surface area (Å²) in [7, 11) is 0. The minimum Gasteiger partial charge on any atom is -0.469 e. The van der Waals surface area contributed by atoms with Gasteiger partial charge in [0, 0.05) is 6.42 Å². The summed E-state index contributed by atoms with van der Waals surface area (Å²) in [6.45, 7) is 1.95. The standard InChI is InChI=1S/C14H21NO3/c1-2-13-10(8-9-18-13)14(17)15-11-6-4-3-5-7-12(11)16/h8-9,11-12,16H,2-7H2,1H3,(H,15,17). The molecule has 2 rings (SSSR count). The van der Waals surface area contributed by atoms with Gasteiger partial charge in [0.05, 0.1) is 24.0 Å². The highest BCUT2D eigenvalue weighted by atomic mass is 16.3. The topological polar surface area (TPSA) is 62.5 Å². The Balaban J connectivity index is 2.01. The number of hydrogen-bond donors (Lipinski definition) is 2. The van der Waals surface area contributed by atoms with Gasteiger partial charge in [0.2, 0.25) is 0 Å². The summed E-state index contributed by atoms with van der Waals surface area (Å²) in [5.74, 6) is 0.571. The predicted molar refractivity (Wildman–Crippen MR) is 68.4 cm³/mol. The minimum absolute atomic E-state index is 0.125. The molecule has 1 heterocycles. The maximum Gasteiger partial charge on any atom is 0.255 e. The van der Waals surface area contributed by atoms with E-state index in [0.29, 0.717) is 17.7 Å². The number of carbonyl (C=O) groups excluding carboxylic acids is 1. The number of hydrogen-bond acceptors (Lipinski definition) is 3. The Kier molecular flexibility index (Phi) is 4.42. The van der Waals surface area contributed by atoms with Gasteiger partial charge in [-0.05, 0) is 18.9 Å². The van der Waals surface area contributed by atoms with E-state index in [4.69, 9.17) is 4.42 Å². The van der Waals surface area contributed by atoms with Gasteiger partial charge >= 0.3 is 0 Å². The van der Waals surface area contributed by atoms with Crippen LogP contribution in [0.1, 0.15) is 55.1 Å². The van der Waals surface area contributed by atoms with Crippen LogP contribution >= 0.6 is 0 Å². The van der Waals surface area contributed by atoms with Gasteiger partial charge in [-0.25, -0.2) is 0 Å². The lowest BCUT2D eigenvalue weighted by Crippen LogP contribution is -2.42. The number of aliphatic hydroxyl groups excluding tert-OH is 1. The molecule has 0 aromatic carbocycles. The Morgan fingerprint density at radius 2 is 2.22 bits per heavy atom. The van der Waals surface area contributed by atoms with E-state index in [1.54, 1.807) is 6.07 Å². The molecule has 1 aliphatic rings. The van der Waals surface area contributed by atoms with Crippen molar-refractivity contribution in [2.45, 2.75) is 57.6 Å². The van der Waals surface area contributed by atoms with Crippen molar-refractivity contribution in [1.29, 1.82) is 0 Å². The number of rotatable bonds is 3. The van der Waals surface area contributed by atoms with Crippen LogP contribution in [0.5, 0.6) is 0 Å². The third kappa shape index (κ3) is 2.93. The summed E-state index contributed by atoms with van der Waals surface area (Å²) in [6, 6.07) is 1.57. The average molecular weight is 251 g/mol. The third-order valence-electron chi connectivity index (χ3n) is 3.61. The second-order valence-corrected chi connectivity index (χ2v) is 4.90. The lowest BCUT2D eigenvalue weighted by molar-refractivity contribution is 0.0817. The van der Waals surface area contributed by atoms with Crippen LogP contribution < -0.4 is 5.32 Å². The van der Waals surface area contributed by atoms with Crippen LogP contribution in [0.25, 0.3) is 0 Å². The van der Waals surface area contributed by atoms with Crippen LogP contribution in [0.4, 0.5) is 0 Å². The third-order valence-corrected chi connectivity index (χ3v) is 3.61. The summed E-state index contributed by atoms with van der Waals surface area (Å²) < 4.78 is 5.25. The first kappa shape index (κ1) is 13.1. The smallest absolute Gasteiger partial charge is 0.255 e. The van der Waals surface area contributed by atoms with Gasteiger partial charge < -0.3 is 14.8 Å². The zero-order chi connectivity index (χ0) is 13.0. The summed E-state index contributed by atoms with van der Waals surface area (Å²) in [6.07, 6.45) is 6.68. The summed E-state index contributed by atoms with van der Waals surface area (Å²) in [4.78, 5) is 12.1. The number of carbonyl (C=O) groups is 1. The predicted octanol–water partition coefficient (Wildman–Crippen LogP) is 2.27. The molecule has 0 radical (unpaired) electrons. The Bertz CT molecular complexity index is 399. The van der Waals surface area contributed by atoms with E-state index >= 15 is 0 Å². The number of amides is 1. The van der Waals surface area contributed by atoms with Crippen molar-refractivity contribution in [3.63, 3.8) is 0 Å². The quantitative estimate of drug-likeness (QED) is 0.810. The van der Waals surface area contributed by atoms with Crippen LogP contribution in [0.2, 0.25) is 0 Å². The lowest BCUT2D eigenvalue weighted by Gasteiger charge is -2.21. The fourth-order valence-electron chi connectivity index (χ4n) is 2.52. The summed E-state index contributed by atoms with van der Waals surface area (Å²) >= 11 is 0. The number of furan rings is 1. The van der Waals surface area contributed by atoms with Crippen molar-refractivity contribution in [2.75, 3.05) is 0 Å². The Hall–Kier alpha value is -1.29. The molecule has 0 bridgehead atoms. The largest absolute Gasteiger partial charge is 0.469 e. The monoisotopic (exact) mass is 251 g/mol. The second-order valence-electron chi connectivity index (χ2n) is 4.90. The molecule has 2 N–H and O–H groups in total. The Labute approximate surface area is 107 Å². The molecule has 1 amide bonds. The molecule has 2 atom stereocenters. The zero-order valence-corrected chi connectivity index (χ0v) is 10.8. The fraction of sp³-hybridized carbons (Fsp3) is 0.643. The number of aliphatic hydroxyl groups is 1. The molecule has 1 aromatic heterocycles. The van der Waals surface area contributed by atoms with E-state index in [0.717, 1.165) is 32.1 Å². The molecule has 0 aliphatic heterocycles. The molecule has 1 saturated carbocycles. The van der Waals surface area contributed by atoms with Gasteiger partial charge in [-0.1, -0.05) is 26.2 Å². The van der Waals surface area contributed by atoms with E-state index in [1.807, 2.05) is 6.92 Å². The van der Waals surface area contributed by atoms with E-state index in [2.05, 4.69) is 5.32 Å². The Morgan fingerprint density at radius 3 is 3.00 bits per heavy atom. The maximum absolute atomic E-state index is 12.1. The van der Waals surface area contributed by atoms with Crippen LogP contribution in [-0.2, 0) is 6.42 Å². The van der Waals surface area contributed by atoms with Gasteiger partial charge in [-0.2, -0.15) is 0 Å². The van der Waals surface area contributed by atoms with Crippen molar-refractivity contribution < 1.29 is 14.3 Å². The molecule has 4 nitrogen and oxygen atoms in total. The second kappa shape index (κ2) is 6.05. The summed E-state index contributed by atoms with van der Waals surface area (Å²) in [5.41, 5.74) is 0.592. The highest BCUT2D eigenvalue weighted by Crippen LogP contribution is 2.19. The molecule has 1 aliphatic carbocycles. The van der Waals surface area contributed by atoms with Crippen molar-refractivity contribution in [3.05, 3.63) is 23.7 Å². The molecule has 2 unspecified atom stereocenters. The van der Waals surface area contributed by atoms with E-state index in [-0.39, 0.29) is 11.9 Å². The number of aryl methyl sites for hydroxylation is 1. The van der Waals surface area contributed by atoms with Gasteiger partial charge in [0.1, 0.15) is 5.76 Å². The first-order valence-corrected chi connectivity index (χ1v) is 6.77. The molecular weight excluding hydrogens is 230 g/mol. The SMILES string of the molecule is CCc1occc1C(=O)NC1CCCCCC1O. The zero-order valence-electron chi connectivity index (χ0n) is 10.8. The summed E-state index contributed by atoms with van der Waals surface area (Å²) in [5, 5.41) is 12.9. The van der Waals surface area contributed by atoms with Gasteiger partial charge in [0.25, 0.3) is 5.91 Å². The van der Waals surface area contributed by atoms with Gasteiger partial charge in [-0.15, -0.1) is 0 Å². The van der Waals surface area contributed by atoms with Crippen molar-refractivity contribution in [2.24, 2.45) is 0 Å². The maximum atomic E-state index is 12.1. The van der Waals surface area contributed by atoms with E-state index < -0.39 is 6.10 Å². The van der Waals surface area contributed by atoms with E-state index in [1.165, 1.54) is 6.26 Å². The number of nitrogens with one attached hydrogen (secondary N) is 1. The van der Waals surface area contributed by atoms with E-state index in [9.17, 15) is 9.90 Å². The molecule has 18 heavy (non-hydrogen) atoms. The molecule has 4 heteroatoms. The normalized spacial score (nSPS) is 24.6. The molecule has 1 fully saturated rings. The lowest BCUT2D eigenvalue weighted by atomic mass is 10.1. The van der Waals surface area contributed by atoms with Gasteiger partial charge in [-0.3, -0.25) is 4.79 Å². The van der Waals surface area contributed by atoms with Crippen molar-refractivity contribution in [1.82, 2.24) is 5.32 Å².